The SMILES string of the molecule is CCCC(C)(O)C(=O)O.Cc1ccc(CCc2ccc(CCc3ccc(O)c(F)c3F)c(F)c2F)c(F)c1F. The molecule has 0 heterocycles. The van der Waals surface area contributed by atoms with E-state index in [1.807, 2.05) is 6.92 Å². The van der Waals surface area contributed by atoms with Gasteiger partial charge >= 0.3 is 5.97 Å². The first-order valence-corrected chi connectivity index (χ1v) is 12.2. The first-order chi connectivity index (χ1) is 18.2. The summed E-state index contributed by atoms with van der Waals surface area (Å²) in [5, 5.41) is 26.4. The van der Waals surface area contributed by atoms with E-state index in [4.69, 9.17) is 15.3 Å². The van der Waals surface area contributed by atoms with Crippen molar-refractivity contribution in [3.05, 3.63) is 99.1 Å². The Kier molecular flexibility index (Phi) is 11.0. The lowest BCUT2D eigenvalue weighted by molar-refractivity contribution is -0.157. The highest BCUT2D eigenvalue weighted by Gasteiger charge is 2.28. The van der Waals surface area contributed by atoms with E-state index in [1.165, 1.54) is 44.2 Å². The third-order valence-electron chi connectivity index (χ3n) is 6.26. The molecule has 3 rings (SSSR count). The number of rotatable bonds is 9. The monoisotopic (exact) mass is 556 g/mol. The Bertz CT molecular complexity index is 1240. The van der Waals surface area contributed by atoms with Gasteiger partial charge in [-0.05, 0) is 79.8 Å². The molecule has 212 valence electrons. The highest BCUT2D eigenvalue weighted by Crippen LogP contribution is 2.25. The van der Waals surface area contributed by atoms with Crippen LogP contribution in [0.2, 0.25) is 0 Å². The van der Waals surface area contributed by atoms with E-state index in [0.29, 0.717) is 12.8 Å². The maximum absolute atomic E-state index is 14.4. The van der Waals surface area contributed by atoms with E-state index in [-0.39, 0.29) is 53.5 Å². The number of aliphatic carboxylic acids is 1. The van der Waals surface area contributed by atoms with Crippen LogP contribution in [0.3, 0.4) is 0 Å². The number of aliphatic hydroxyl groups is 1. The molecular weight excluding hydrogens is 526 g/mol. The Morgan fingerprint density at radius 2 is 1.05 bits per heavy atom. The van der Waals surface area contributed by atoms with Crippen molar-refractivity contribution in [3.63, 3.8) is 0 Å². The molecule has 0 aromatic heterocycles. The first-order valence-electron chi connectivity index (χ1n) is 12.2. The molecule has 0 amide bonds. The molecule has 0 saturated carbocycles. The molecule has 10 heteroatoms. The molecule has 0 aliphatic carbocycles. The number of hydrogen-bond acceptors (Lipinski definition) is 3. The quantitative estimate of drug-likeness (QED) is 0.256. The zero-order chi connectivity index (χ0) is 29.5. The predicted molar refractivity (Wildman–Crippen MR) is 133 cm³/mol. The summed E-state index contributed by atoms with van der Waals surface area (Å²) < 4.78 is 83.6. The van der Waals surface area contributed by atoms with Crippen molar-refractivity contribution in [2.45, 2.75) is 64.9 Å². The largest absolute Gasteiger partial charge is 0.505 e. The number of carboxylic acids is 1. The molecule has 3 N–H and O–H groups in total. The third kappa shape index (κ3) is 7.98. The zero-order valence-corrected chi connectivity index (χ0v) is 21.7. The van der Waals surface area contributed by atoms with Crippen molar-refractivity contribution in [1.82, 2.24) is 0 Å². The normalized spacial score (nSPS) is 12.5. The van der Waals surface area contributed by atoms with Crippen LogP contribution < -0.4 is 0 Å². The van der Waals surface area contributed by atoms with Gasteiger partial charge in [0, 0.05) is 0 Å². The van der Waals surface area contributed by atoms with Crippen molar-refractivity contribution in [2.24, 2.45) is 0 Å². The topological polar surface area (TPSA) is 77.8 Å². The first kappa shape index (κ1) is 31.7. The molecule has 0 aliphatic rings. The molecule has 0 fully saturated rings. The van der Waals surface area contributed by atoms with Gasteiger partial charge in [0.05, 0.1) is 0 Å². The molecule has 1 unspecified atom stereocenters. The summed E-state index contributed by atoms with van der Waals surface area (Å²) in [5.41, 5.74) is -1.43. The van der Waals surface area contributed by atoms with Crippen molar-refractivity contribution in [2.75, 3.05) is 0 Å². The number of halogens is 6. The molecule has 4 nitrogen and oxygen atoms in total. The van der Waals surface area contributed by atoms with Gasteiger partial charge in [0.1, 0.15) is 0 Å². The summed E-state index contributed by atoms with van der Waals surface area (Å²) in [6.07, 6.45) is 0.729. The van der Waals surface area contributed by atoms with E-state index >= 15 is 0 Å². The van der Waals surface area contributed by atoms with Crippen LogP contribution in [0.4, 0.5) is 26.3 Å². The minimum Gasteiger partial charge on any atom is -0.505 e. The average Bonchev–Trinajstić information content (AvgIpc) is 2.88. The molecule has 39 heavy (non-hydrogen) atoms. The van der Waals surface area contributed by atoms with Gasteiger partial charge in [-0.15, -0.1) is 0 Å². The fourth-order valence-corrected chi connectivity index (χ4v) is 3.80. The highest BCUT2D eigenvalue weighted by atomic mass is 19.2. The van der Waals surface area contributed by atoms with E-state index in [1.54, 1.807) is 0 Å². The third-order valence-corrected chi connectivity index (χ3v) is 6.26. The van der Waals surface area contributed by atoms with E-state index in [0.717, 1.165) is 6.07 Å². The Hall–Kier alpha value is -3.53. The number of hydrogen-bond donors (Lipinski definition) is 3. The number of phenolic OH excluding ortho intramolecular Hbond substituents is 1. The number of carbonyl (C=O) groups is 1. The number of aromatic hydroxyl groups is 1. The molecular formula is C29H30F6O4. The summed E-state index contributed by atoms with van der Waals surface area (Å²) in [7, 11) is 0. The second-order valence-electron chi connectivity index (χ2n) is 9.38. The van der Waals surface area contributed by atoms with Crippen LogP contribution in [-0.2, 0) is 30.5 Å². The maximum Gasteiger partial charge on any atom is 0.335 e. The van der Waals surface area contributed by atoms with Gasteiger partial charge in [-0.25, -0.2) is 26.7 Å². The fraction of sp³-hybridized carbons (Fsp3) is 0.345. The number of phenols is 1. The zero-order valence-electron chi connectivity index (χ0n) is 21.7. The Morgan fingerprint density at radius 1 is 0.692 bits per heavy atom. The minimum absolute atomic E-state index is 0.00140. The second kappa shape index (κ2) is 13.5. The summed E-state index contributed by atoms with van der Waals surface area (Å²) in [4.78, 5) is 10.2. The fourth-order valence-electron chi connectivity index (χ4n) is 3.80. The summed E-state index contributed by atoms with van der Waals surface area (Å²) in [6, 6.07) is 7.64. The van der Waals surface area contributed by atoms with E-state index < -0.39 is 52.2 Å². The Morgan fingerprint density at radius 3 is 1.44 bits per heavy atom. The van der Waals surface area contributed by atoms with E-state index in [2.05, 4.69) is 0 Å². The van der Waals surface area contributed by atoms with Gasteiger partial charge in [0.15, 0.2) is 40.4 Å². The lowest BCUT2D eigenvalue weighted by atomic mass is 9.98. The number of carboxylic acid groups (broad SMARTS) is 1. The number of aryl methyl sites for hydroxylation is 5. The van der Waals surface area contributed by atoms with Crippen molar-refractivity contribution in [3.8, 4) is 5.75 Å². The smallest absolute Gasteiger partial charge is 0.335 e. The van der Waals surface area contributed by atoms with Crippen molar-refractivity contribution < 1.29 is 46.5 Å². The highest BCUT2D eigenvalue weighted by molar-refractivity contribution is 5.76. The maximum atomic E-state index is 14.4. The lowest BCUT2D eigenvalue weighted by Gasteiger charge is -2.15. The molecule has 1 atom stereocenters. The van der Waals surface area contributed by atoms with Gasteiger partial charge < -0.3 is 15.3 Å². The molecule has 3 aromatic carbocycles. The van der Waals surface area contributed by atoms with Crippen LogP contribution in [0.25, 0.3) is 0 Å². The number of benzene rings is 3. The van der Waals surface area contributed by atoms with Crippen LogP contribution in [0.5, 0.6) is 5.75 Å². The molecule has 0 aliphatic heterocycles. The molecule has 0 saturated heterocycles. The van der Waals surface area contributed by atoms with Gasteiger partial charge in [-0.1, -0.05) is 43.7 Å². The standard InChI is InChI=1S/C23H18F6O.C6H12O3/c1-12-2-3-13(19(25)18(12)24)4-5-14-6-7-15(21(27)20(14)26)8-9-16-10-11-17(30)23(29)22(16)28;1-3-4-6(2,9)5(7)8/h2-3,6-7,10-11,30H,4-5,8-9H2,1H3;9H,3-4H2,1-2H3,(H,7,8). The van der Waals surface area contributed by atoms with Crippen molar-refractivity contribution >= 4 is 5.97 Å². The summed E-state index contributed by atoms with van der Waals surface area (Å²) in [5.74, 6) is -8.81. The van der Waals surface area contributed by atoms with E-state index in [9.17, 15) is 31.1 Å². The van der Waals surface area contributed by atoms with Crippen LogP contribution in [-0.4, -0.2) is 26.9 Å². The van der Waals surface area contributed by atoms with Crippen LogP contribution >= 0.6 is 0 Å². The average molecular weight is 557 g/mol. The van der Waals surface area contributed by atoms with Gasteiger partial charge in [-0.2, -0.15) is 4.39 Å². The van der Waals surface area contributed by atoms with Gasteiger partial charge in [0.25, 0.3) is 0 Å². The predicted octanol–water partition coefficient (Wildman–Crippen LogP) is 6.73. The molecule has 0 spiro atoms. The molecule has 3 aromatic rings. The Labute approximate surface area is 222 Å². The second-order valence-corrected chi connectivity index (χ2v) is 9.38. The lowest BCUT2D eigenvalue weighted by Crippen LogP contribution is -2.34. The van der Waals surface area contributed by atoms with Crippen molar-refractivity contribution in [1.29, 1.82) is 0 Å². The Balaban J connectivity index is 0.000000510. The van der Waals surface area contributed by atoms with Crippen LogP contribution in [0.15, 0.2) is 36.4 Å². The minimum atomic E-state index is -1.53. The van der Waals surface area contributed by atoms with Crippen LogP contribution in [0, 0.1) is 41.8 Å². The van der Waals surface area contributed by atoms with Gasteiger partial charge in [0.2, 0.25) is 5.82 Å². The summed E-state index contributed by atoms with van der Waals surface area (Å²) >= 11 is 0. The summed E-state index contributed by atoms with van der Waals surface area (Å²) in [6.45, 7) is 4.56. The van der Waals surface area contributed by atoms with Crippen LogP contribution in [0.1, 0.15) is 54.5 Å². The molecule has 0 bridgehead atoms. The van der Waals surface area contributed by atoms with Gasteiger partial charge in [-0.3, -0.25) is 0 Å². The molecule has 0 radical (unpaired) electrons.